The van der Waals surface area contributed by atoms with Gasteiger partial charge in [0.15, 0.2) is 11.5 Å². The van der Waals surface area contributed by atoms with Crippen LogP contribution in [0.15, 0.2) is 22.6 Å². The van der Waals surface area contributed by atoms with Gasteiger partial charge in [0.1, 0.15) is 5.52 Å². The topological polar surface area (TPSA) is 52.0 Å². The molecule has 0 spiro atoms. The molecule has 2 rings (SSSR count). The lowest BCUT2D eigenvalue weighted by atomic mass is 10.1. The van der Waals surface area contributed by atoms with Crippen LogP contribution in [0.2, 0.25) is 0 Å². The maximum atomic E-state index is 5.68. The number of hydrogen-bond donors (Lipinski definition) is 1. The van der Waals surface area contributed by atoms with Gasteiger partial charge in [-0.05, 0) is 43.5 Å². The van der Waals surface area contributed by atoms with Crippen LogP contribution >= 0.6 is 0 Å². The van der Waals surface area contributed by atoms with Gasteiger partial charge in [0.05, 0.1) is 0 Å². The van der Waals surface area contributed by atoms with Crippen LogP contribution in [0.5, 0.6) is 0 Å². The summed E-state index contributed by atoms with van der Waals surface area (Å²) in [5.41, 5.74) is 8.66. The zero-order valence-corrected chi connectivity index (χ0v) is 10.6. The minimum Gasteiger partial charge on any atom is -0.440 e. The van der Waals surface area contributed by atoms with Crippen molar-refractivity contribution in [3.63, 3.8) is 0 Å². The molecule has 2 aromatic rings. The summed E-state index contributed by atoms with van der Waals surface area (Å²) in [5.74, 6) is 1.15. The van der Waals surface area contributed by atoms with Gasteiger partial charge in [-0.2, -0.15) is 0 Å². The Morgan fingerprint density at radius 3 is 2.82 bits per heavy atom. The SMILES string of the molecule is CC(C)c1nc2cc(CCCCN)ccc2o1. The highest BCUT2D eigenvalue weighted by atomic mass is 16.3. The van der Waals surface area contributed by atoms with E-state index in [4.69, 9.17) is 10.2 Å². The predicted octanol–water partition coefficient (Wildman–Crippen LogP) is 3.23. The Bertz CT molecular complexity index is 488. The van der Waals surface area contributed by atoms with Crippen LogP contribution in [0, 0.1) is 0 Å². The Hall–Kier alpha value is -1.35. The van der Waals surface area contributed by atoms with Crippen molar-refractivity contribution in [1.82, 2.24) is 4.98 Å². The van der Waals surface area contributed by atoms with Gasteiger partial charge in [0.2, 0.25) is 0 Å². The van der Waals surface area contributed by atoms with Gasteiger partial charge in [0.25, 0.3) is 0 Å². The van der Waals surface area contributed by atoms with Crippen LogP contribution in [0.25, 0.3) is 11.1 Å². The summed E-state index contributed by atoms with van der Waals surface area (Å²) in [5, 5.41) is 0. The number of nitrogens with two attached hydrogens (primary N) is 1. The molecule has 3 nitrogen and oxygen atoms in total. The van der Waals surface area contributed by atoms with E-state index in [1.807, 2.05) is 6.07 Å². The van der Waals surface area contributed by atoms with E-state index in [1.54, 1.807) is 0 Å². The van der Waals surface area contributed by atoms with Crippen molar-refractivity contribution in [2.75, 3.05) is 6.54 Å². The molecule has 3 heteroatoms. The zero-order valence-electron chi connectivity index (χ0n) is 10.6. The smallest absolute Gasteiger partial charge is 0.198 e. The number of aromatic nitrogens is 1. The first kappa shape index (κ1) is 12.1. The molecular weight excluding hydrogens is 212 g/mol. The summed E-state index contributed by atoms with van der Waals surface area (Å²) in [6.45, 7) is 4.95. The highest BCUT2D eigenvalue weighted by molar-refractivity contribution is 5.73. The number of benzene rings is 1. The van der Waals surface area contributed by atoms with Crippen LogP contribution in [0.4, 0.5) is 0 Å². The molecule has 0 radical (unpaired) electrons. The van der Waals surface area contributed by atoms with E-state index in [1.165, 1.54) is 5.56 Å². The van der Waals surface area contributed by atoms with Crippen LogP contribution < -0.4 is 5.73 Å². The Labute approximate surface area is 102 Å². The lowest BCUT2D eigenvalue weighted by Gasteiger charge is -1.99. The van der Waals surface area contributed by atoms with E-state index < -0.39 is 0 Å². The second-order valence-corrected chi connectivity index (χ2v) is 4.75. The van der Waals surface area contributed by atoms with Gasteiger partial charge < -0.3 is 10.2 Å². The van der Waals surface area contributed by atoms with Crippen LogP contribution in [0.1, 0.15) is 44.1 Å². The van der Waals surface area contributed by atoms with Gasteiger partial charge in [-0.15, -0.1) is 0 Å². The first-order valence-corrected chi connectivity index (χ1v) is 6.30. The van der Waals surface area contributed by atoms with Gasteiger partial charge >= 0.3 is 0 Å². The van der Waals surface area contributed by atoms with E-state index >= 15 is 0 Å². The third-order valence-corrected chi connectivity index (χ3v) is 2.88. The van der Waals surface area contributed by atoms with Crippen LogP contribution in [-0.4, -0.2) is 11.5 Å². The largest absolute Gasteiger partial charge is 0.440 e. The molecule has 0 fully saturated rings. The highest BCUT2D eigenvalue weighted by Gasteiger charge is 2.09. The Morgan fingerprint density at radius 1 is 1.29 bits per heavy atom. The molecule has 0 aliphatic heterocycles. The number of rotatable bonds is 5. The van der Waals surface area contributed by atoms with Crippen molar-refractivity contribution in [2.45, 2.75) is 39.0 Å². The summed E-state index contributed by atoms with van der Waals surface area (Å²) in [6.07, 6.45) is 3.28. The molecule has 0 unspecified atom stereocenters. The molecule has 0 aliphatic rings. The van der Waals surface area contributed by atoms with E-state index in [9.17, 15) is 0 Å². The van der Waals surface area contributed by atoms with Crippen molar-refractivity contribution >= 4 is 11.1 Å². The van der Waals surface area contributed by atoms with E-state index in [0.29, 0.717) is 5.92 Å². The first-order chi connectivity index (χ1) is 8.20. The lowest BCUT2D eigenvalue weighted by Crippen LogP contribution is -1.98. The first-order valence-electron chi connectivity index (χ1n) is 6.30. The van der Waals surface area contributed by atoms with Crippen molar-refractivity contribution in [3.8, 4) is 0 Å². The van der Waals surface area contributed by atoms with Gasteiger partial charge in [0, 0.05) is 5.92 Å². The van der Waals surface area contributed by atoms with Gasteiger partial charge in [-0.1, -0.05) is 19.9 Å². The van der Waals surface area contributed by atoms with Crippen LogP contribution in [-0.2, 0) is 6.42 Å². The predicted molar refractivity (Wildman–Crippen MR) is 70.1 cm³/mol. The summed E-state index contributed by atoms with van der Waals surface area (Å²) >= 11 is 0. The third kappa shape index (κ3) is 2.86. The number of fused-ring (bicyclic) bond motifs is 1. The molecule has 92 valence electrons. The molecule has 0 bridgehead atoms. The van der Waals surface area contributed by atoms with Crippen LogP contribution in [0.3, 0.4) is 0 Å². The molecule has 0 saturated heterocycles. The minimum absolute atomic E-state index is 0.336. The molecule has 1 heterocycles. The molecule has 1 aromatic carbocycles. The number of oxazole rings is 1. The van der Waals surface area contributed by atoms with Gasteiger partial charge in [-0.3, -0.25) is 0 Å². The minimum atomic E-state index is 0.336. The molecule has 2 N–H and O–H groups in total. The summed E-state index contributed by atoms with van der Waals surface area (Å²) in [6, 6.07) is 6.27. The maximum absolute atomic E-state index is 5.68. The van der Waals surface area contributed by atoms with Gasteiger partial charge in [-0.25, -0.2) is 4.98 Å². The zero-order chi connectivity index (χ0) is 12.3. The average Bonchev–Trinajstić information content (AvgIpc) is 2.72. The molecular formula is C14H20N2O. The molecule has 0 saturated carbocycles. The fourth-order valence-corrected chi connectivity index (χ4v) is 1.87. The molecule has 1 aromatic heterocycles. The average molecular weight is 232 g/mol. The molecule has 0 aliphatic carbocycles. The second kappa shape index (κ2) is 5.32. The molecule has 17 heavy (non-hydrogen) atoms. The van der Waals surface area contributed by atoms with E-state index in [-0.39, 0.29) is 0 Å². The summed E-state index contributed by atoms with van der Waals surface area (Å²) in [7, 11) is 0. The highest BCUT2D eigenvalue weighted by Crippen LogP contribution is 2.22. The second-order valence-electron chi connectivity index (χ2n) is 4.75. The van der Waals surface area contributed by atoms with Crippen molar-refractivity contribution in [1.29, 1.82) is 0 Å². The molecule has 0 amide bonds. The normalized spacial score (nSPS) is 11.5. The summed E-state index contributed by atoms with van der Waals surface area (Å²) < 4.78 is 5.68. The number of aryl methyl sites for hydroxylation is 1. The van der Waals surface area contributed by atoms with Crippen molar-refractivity contribution < 1.29 is 4.42 Å². The monoisotopic (exact) mass is 232 g/mol. The Balaban J connectivity index is 2.18. The standard InChI is InChI=1S/C14H20N2O/c1-10(2)14-16-12-9-11(5-3-4-8-15)6-7-13(12)17-14/h6-7,9-10H,3-5,8,15H2,1-2H3. The number of unbranched alkanes of at least 4 members (excludes halogenated alkanes) is 1. The Morgan fingerprint density at radius 2 is 2.12 bits per heavy atom. The lowest BCUT2D eigenvalue weighted by molar-refractivity contribution is 0.501. The quantitative estimate of drug-likeness (QED) is 0.805. The summed E-state index contributed by atoms with van der Waals surface area (Å²) in [4.78, 5) is 4.51. The fourth-order valence-electron chi connectivity index (χ4n) is 1.87. The Kier molecular flexibility index (Phi) is 3.79. The number of nitrogens with zero attached hydrogens (tertiary/aromatic N) is 1. The maximum Gasteiger partial charge on any atom is 0.198 e. The fraction of sp³-hybridized carbons (Fsp3) is 0.500. The van der Waals surface area contributed by atoms with Crippen molar-refractivity contribution in [3.05, 3.63) is 29.7 Å². The van der Waals surface area contributed by atoms with Crippen molar-refractivity contribution in [2.24, 2.45) is 5.73 Å². The van der Waals surface area contributed by atoms with E-state index in [2.05, 4.69) is 31.0 Å². The number of hydrogen-bond acceptors (Lipinski definition) is 3. The van der Waals surface area contributed by atoms with E-state index in [0.717, 1.165) is 42.8 Å². The third-order valence-electron chi connectivity index (χ3n) is 2.88. The molecule has 0 atom stereocenters.